The van der Waals surface area contributed by atoms with Gasteiger partial charge in [-0.3, -0.25) is 4.79 Å². The van der Waals surface area contributed by atoms with E-state index in [1.165, 1.54) is 5.56 Å². The number of carbonyl (C=O) groups excluding carboxylic acids is 1. The van der Waals surface area contributed by atoms with Gasteiger partial charge in [0.15, 0.2) is 11.5 Å². The standard InChI is InChI=1S/C31H38F2N2O3/c1-37-27-11-5-10-24-28(27)38-16-14-30(24)20-34-19-25(30)29(36)35-15-12-22(21-7-3-2-4-8-21)17-26(35)23-9-6-13-31(32,33)18-23/h2-5,7-8,10-11,22-23,25-26,34H,6,9,12-20H2,1H3. The summed E-state index contributed by atoms with van der Waals surface area (Å²) >= 11 is 0. The SMILES string of the molecule is COc1cccc2c1OCCC21CNCC1C(=O)N1CCC(c2ccccc2)CC1C1CCCC(F)(F)C1. The Balaban J connectivity index is 1.33. The van der Waals surface area contributed by atoms with Crippen molar-refractivity contribution in [3.05, 3.63) is 59.7 Å². The fourth-order valence-corrected chi connectivity index (χ4v) is 7.80. The van der Waals surface area contributed by atoms with Crippen LogP contribution in [-0.2, 0) is 10.2 Å². The number of hydrogen-bond acceptors (Lipinski definition) is 4. The second-order valence-corrected chi connectivity index (χ2v) is 11.7. The molecule has 2 saturated heterocycles. The molecule has 5 unspecified atom stereocenters. The molecule has 7 heteroatoms. The van der Waals surface area contributed by atoms with Crippen molar-refractivity contribution in [1.82, 2.24) is 10.2 Å². The van der Waals surface area contributed by atoms with Crippen LogP contribution in [0.15, 0.2) is 48.5 Å². The molecular formula is C31H38F2N2O3. The van der Waals surface area contributed by atoms with Crippen LogP contribution < -0.4 is 14.8 Å². The molecule has 1 amide bonds. The predicted octanol–water partition coefficient (Wildman–Crippen LogP) is 5.54. The van der Waals surface area contributed by atoms with E-state index >= 15 is 0 Å². The van der Waals surface area contributed by atoms with Gasteiger partial charge >= 0.3 is 0 Å². The van der Waals surface area contributed by atoms with E-state index in [4.69, 9.17) is 9.47 Å². The molecule has 3 heterocycles. The molecule has 1 spiro atoms. The zero-order valence-corrected chi connectivity index (χ0v) is 22.1. The van der Waals surface area contributed by atoms with Crippen molar-refractivity contribution in [1.29, 1.82) is 0 Å². The summed E-state index contributed by atoms with van der Waals surface area (Å²) in [5.41, 5.74) is 1.87. The molecule has 1 aliphatic carbocycles. The quantitative estimate of drug-likeness (QED) is 0.571. The normalized spacial score (nSPS) is 32.4. The molecule has 38 heavy (non-hydrogen) atoms. The summed E-state index contributed by atoms with van der Waals surface area (Å²) in [6.45, 7) is 2.41. The predicted molar refractivity (Wildman–Crippen MR) is 142 cm³/mol. The molecule has 6 rings (SSSR count). The Morgan fingerprint density at radius 2 is 1.95 bits per heavy atom. The van der Waals surface area contributed by atoms with E-state index in [9.17, 15) is 13.6 Å². The first-order valence-electron chi connectivity index (χ1n) is 14.2. The molecular weight excluding hydrogens is 486 g/mol. The van der Waals surface area contributed by atoms with Crippen LogP contribution in [0.5, 0.6) is 11.5 Å². The molecule has 1 saturated carbocycles. The van der Waals surface area contributed by atoms with Gasteiger partial charge in [-0.1, -0.05) is 42.5 Å². The molecule has 5 nitrogen and oxygen atoms in total. The van der Waals surface area contributed by atoms with E-state index < -0.39 is 11.3 Å². The first kappa shape index (κ1) is 25.6. The van der Waals surface area contributed by atoms with Gasteiger partial charge in [-0.25, -0.2) is 8.78 Å². The van der Waals surface area contributed by atoms with E-state index in [0.29, 0.717) is 38.4 Å². The van der Waals surface area contributed by atoms with Crippen LogP contribution in [0.25, 0.3) is 0 Å². The number of carbonyl (C=O) groups is 1. The fraction of sp³-hybridized carbons (Fsp3) is 0.581. The topological polar surface area (TPSA) is 50.8 Å². The molecule has 4 aliphatic rings. The van der Waals surface area contributed by atoms with Crippen molar-refractivity contribution in [3.63, 3.8) is 0 Å². The third kappa shape index (κ3) is 4.47. The molecule has 5 atom stereocenters. The monoisotopic (exact) mass is 524 g/mol. The molecule has 0 bridgehead atoms. The van der Waals surface area contributed by atoms with Gasteiger partial charge in [-0.05, 0) is 55.6 Å². The zero-order valence-electron chi connectivity index (χ0n) is 22.1. The lowest BCUT2D eigenvalue weighted by molar-refractivity contribution is -0.145. The number of nitrogens with zero attached hydrogens (tertiary/aromatic N) is 1. The number of hydrogen-bond donors (Lipinski definition) is 1. The highest BCUT2D eigenvalue weighted by Gasteiger charge is 2.54. The average Bonchev–Trinajstić information content (AvgIpc) is 3.36. The lowest BCUT2D eigenvalue weighted by atomic mass is 9.67. The van der Waals surface area contributed by atoms with Crippen LogP contribution in [0.2, 0.25) is 0 Å². The van der Waals surface area contributed by atoms with Crippen molar-refractivity contribution in [2.75, 3.05) is 33.4 Å². The number of ether oxygens (including phenoxy) is 2. The molecule has 3 aliphatic heterocycles. The van der Waals surface area contributed by atoms with Crippen molar-refractivity contribution in [3.8, 4) is 11.5 Å². The molecule has 2 aromatic rings. The summed E-state index contributed by atoms with van der Waals surface area (Å²) in [5.74, 6) is -1.29. The molecule has 2 aromatic carbocycles. The Hall–Kier alpha value is -2.67. The average molecular weight is 525 g/mol. The number of fused-ring (bicyclic) bond motifs is 2. The van der Waals surface area contributed by atoms with E-state index in [-0.39, 0.29) is 42.5 Å². The summed E-state index contributed by atoms with van der Waals surface area (Å²) in [5, 5.41) is 3.51. The Labute approximate surface area is 223 Å². The number of alkyl halides is 2. The molecule has 3 fully saturated rings. The number of para-hydroxylation sites is 1. The molecule has 1 N–H and O–H groups in total. The van der Waals surface area contributed by atoms with E-state index in [1.807, 2.05) is 35.2 Å². The summed E-state index contributed by atoms with van der Waals surface area (Å²) in [4.78, 5) is 16.5. The Morgan fingerprint density at radius 3 is 2.74 bits per heavy atom. The highest BCUT2D eigenvalue weighted by Crippen LogP contribution is 2.51. The maximum atomic E-state index is 14.6. The Bertz CT molecular complexity index is 1160. The molecule has 204 valence electrons. The maximum Gasteiger partial charge on any atom is 0.248 e. The minimum atomic E-state index is -2.65. The van der Waals surface area contributed by atoms with E-state index in [1.54, 1.807) is 7.11 Å². The lowest BCUT2D eigenvalue weighted by Gasteiger charge is -2.48. The van der Waals surface area contributed by atoms with Crippen LogP contribution in [0.4, 0.5) is 8.78 Å². The van der Waals surface area contributed by atoms with Gasteiger partial charge in [0, 0.05) is 49.5 Å². The van der Waals surface area contributed by atoms with Gasteiger partial charge in [0.25, 0.3) is 0 Å². The van der Waals surface area contributed by atoms with Gasteiger partial charge in [0.2, 0.25) is 11.8 Å². The van der Waals surface area contributed by atoms with Crippen molar-refractivity contribution in [2.24, 2.45) is 11.8 Å². The smallest absolute Gasteiger partial charge is 0.248 e. The minimum Gasteiger partial charge on any atom is -0.493 e. The number of benzene rings is 2. The first-order chi connectivity index (χ1) is 18.4. The third-order valence-corrected chi connectivity index (χ3v) is 9.71. The van der Waals surface area contributed by atoms with Gasteiger partial charge in [-0.15, -0.1) is 0 Å². The Kier molecular flexibility index (Phi) is 6.83. The van der Waals surface area contributed by atoms with Crippen molar-refractivity contribution < 1.29 is 23.0 Å². The van der Waals surface area contributed by atoms with Crippen LogP contribution in [0, 0.1) is 11.8 Å². The number of rotatable bonds is 4. The van der Waals surface area contributed by atoms with Gasteiger partial charge in [-0.2, -0.15) is 0 Å². The van der Waals surface area contributed by atoms with E-state index in [2.05, 4.69) is 23.5 Å². The van der Waals surface area contributed by atoms with Gasteiger partial charge in [0.05, 0.1) is 19.6 Å². The first-order valence-corrected chi connectivity index (χ1v) is 14.2. The summed E-state index contributed by atoms with van der Waals surface area (Å²) in [7, 11) is 1.64. The second-order valence-electron chi connectivity index (χ2n) is 11.7. The van der Waals surface area contributed by atoms with E-state index in [0.717, 1.165) is 37.0 Å². The molecule has 0 aromatic heterocycles. The van der Waals surface area contributed by atoms with Crippen LogP contribution in [0.3, 0.4) is 0 Å². The third-order valence-electron chi connectivity index (χ3n) is 9.71. The summed E-state index contributed by atoms with van der Waals surface area (Å²) in [6, 6.07) is 16.1. The van der Waals surface area contributed by atoms with Crippen LogP contribution >= 0.6 is 0 Å². The van der Waals surface area contributed by atoms with Crippen molar-refractivity contribution >= 4 is 5.91 Å². The van der Waals surface area contributed by atoms with Crippen molar-refractivity contribution in [2.45, 2.75) is 68.2 Å². The van der Waals surface area contributed by atoms with Crippen LogP contribution in [-0.4, -0.2) is 56.1 Å². The van der Waals surface area contributed by atoms with Gasteiger partial charge < -0.3 is 19.7 Å². The lowest BCUT2D eigenvalue weighted by Crippen LogP contribution is -2.56. The largest absolute Gasteiger partial charge is 0.493 e. The second kappa shape index (κ2) is 10.1. The number of piperidine rings is 1. The fourth-order valence-electron chi connectivity index (χ4n) is 7.80. The van der Waals surface area contributed by atoms with Crippen LogP contribution in [0.1, 0.15) is 62.0 Å². The Morgan fingerprint density at radius 1 is 1.11 bits per heavy atom. The maximum absolute atomic E-state index is 14.6. The summed E-state index contributed by atoms with van der Waals surface area (Å²) < 4.78 is 40.9. The minimum absolute atomic E-state index is 0.0411. The van der Waals surface area contributed by atoms with Gasteiger partial charge in [0.1, 0.15) is 0 Å². The molecule has 0 radical (unpaired) electrons. The summed E-state index contributed by atoms with van der Waals surface area (Å²) in [6.07, 6.45) is 3.46. The number of amides is 1. The number of methoxy groups -OCH3 is 1. The number of likely N-dealkylation sites (tertiary alicyclic amines) is 1. The number of nitrogens with one attached hydrogen (secondary N) is 1. The zero-order chi connectivity index (χ0) is 26.3. The highest BCUT2D eigenvalue weighted by molar-refractivity contribution is 5.82. The highest BCUT2D eigenvalue weighted by atomic mass is 19.3. The number of halogens is 2.